The van der Waals surface area contributed by atoms with Crippen molar-refractivity contribution >= 4 is 17.6 Å². The number of carboxylic acids is 1. The molecule has 1 aromatic carbocycles. The van der Waals surface area contributed by atoms with Crippen LogP contribution in [0.2, 0.25) is 5.02 Å². The van der Waals surface area contributed by atoms with Crippen molar-refractivity contribution in [3.8, 4) is 11.5 Å². The molecule has 0 spiro atoms. The second kappa shape index (κ2) is 5.67. The Labute approximate surface area is 116 Å². The topological polar surface area (TPSA) is 65.0 Å². The van der Waals surface area contributed by atoms with Gasteiger partial charge in [-0.1, -0.05) is 17.7 Å². The zero-order valence-corrected chi connectivity index (χ0v) is 11.4. The molecule has 2 unspecified atom stereocenters. The first kappa shape index (κ1) is 14.0. The summed E-state index contributed by atoms with van der Waals surface area (Å²) in [4.78, 5) is 11.2. The fourth-order valence-corrected chi connectivity index (χ4v) is 2.61. The number of hydrogen-bond donors (Lipinski definition) is 1. The average Bonchev–Trinajstić information content (AvgIpc) is 2.87. The third-order valence-corrected chi connectivity index (χ3v) is 3.62. The summed E-state index contributed by atoms with van der Waals surface area (Å²) < 4.78 is 15.9. The van der Waals surface area contributed by atoms with Crippen molar-refractivity contribution in [1.82, 2.24) is 0 Å². The van der Waals surface area contributed by atoms with E-state index < -0.39 is 18.0 Å². The average molecular weight is 287 g/mol. The fourth-order valence-electron chi connectivity index (χ4n) is 2.27. The Morgan fingerprint density at radius 3 is 2.74 bits per heavy atom. The molecule has 0 radical (unpaired) electrons. The Bertz CT molecular complexity index is 488. The van der Waals surface area contributed by atoms with E-state index >= 15 is 0 Å². The van der Waals surface area contributed by atoms with E-state index in [-0.39, 0.29) is 0 Å². The van der Waals surface area contributed by atoms with Gasteiger partial charge in [-0.15, -0.1) is 0 Å². The van der Waals surface area contributed by atoms with Gasteiger partial charge in [-0.05, 0) is 12.5 Å². The SMILES string of the molecule is COc1ccc(C2OCCC2C(=O)O)c(Cl)c1OC. The van der Waals surface area contributed by atoms with Crippen molar-refractivity contribution < 1.29 is 24.1 Å². The van der Waals surface area contributed by atoms with E-state index in [2.05, 4.69) is 0 Å². The van der Waals surface area contributed by atoms with Crippen molar-refractivity contribution in [3.63, 3.8) is 0 Å². The van der Waals surface area contributed by atoms with E-state index in [1.54, 1.807) is 12.1 Å². The number of ether oxygens (including phenoxy) is 3. The lowest BCUT2D eigenvalue weighted by Gasteiger charge is -2.19. The summed E-state index contributed by atoms with van der Waals surface area (Å²) in [6, 6.07) is 3.41. The summed E-state index contributed by atoms with van der Waals surface area (Å²) in [5.41, 5.74) is 0.615. The van der Waals surface area contributed by atoms with E-state index in [4.69, 9.17) is 25.8 Å². The zero-order chi connectivity index (χ0) is 14.0. The molecular weight excluding hydrogens is 272 g/mol. The van der Waals surface area contributed by atoms with Crippen LogP contribution in [-0.4, -0.2) is 31.9 Å². The molecule has 0 saturated carbocycles. The molecule has 1 N–H and O–H groups in total. The van der Waals surface area contributed by atoms with Crippen molar-refractivity contribution in [2.45, 2.75) is 12.5 Å². The Kier molecular flexibility index (Phi) is 4.17. The van der Waals surface area contributed by atoms with Crippen LogP contribution in [-0.2, 0) is 9.53 Å². The highest BCUT2D eigenvalue weighted by Crippen LogP contribution is 2.44. The van der Waals surface area contributed by atoms with Gasteiger partial charge in [-0.25, -0.2) is 0 Å². The summed E-state index contributed by atoms with van der Waals surface area (Å²) in [5, 5.41) is 9.52. The fraction of sp³-hybridized carbons (Fsp3) is 0.462. The molecule has 104 valence electrons. The molecule has 1 fully saturated rings. The molecule has 2 rings (SSSR count). The molecule has 5 nitrogen and oxygen atoms in total. The van der Waals surface area contributed by atoms with Gasteiger partial charge in [-0.3, -0.25) is 4.79 Å². The summed E-state index contributed by atoms with van der Waals surface area (Å²) in [5.74, 6) is -0.577. The van der Waals surface area contributed by atoms with Gasteiger partial charge in [0.2, 0.25) is 0 Å². The van der Waals surface area contributed by atoms with Crippen LogP contribution >= 0.6 is 11.6 Å². The van der Waals surface area contributed by atoms with E-state index in [0.717, 1.165) is 0 Å². The van der Waals surface area contributed by atoms with Gasteiger partial charge < -0.3 is 19.3 Å². The molecule has 1 aliphatic rings. The number of aliphatic carboxylic acids is 1. The van der Waals surface area contributed by atoms with Crippen molar-refractivity contribution in [1.29, 1.82) is 0 Å². The van der Waals surface area contributed by atoms with E-state index in [9.17, 15) is 9.90 Å². The largest absolute Gasteiger partial charge is 0.493 e. The Balaban J connectivity index is 2.43. The van der Waals surface area contributed by atoms with Gasteiger partial charge in [0.15, 0.2) is 11.5 Å². The predicted octanol–water partition coefficient (Wildman–Crippen LogP) is 2.52. The third kappa shape index (κ3) is 2.48. The number of methoxy groups -OCH3 is 2. The van der Waals surface area contributed by atoms with E-state index in [1.807, 2.05) is 0 Å². The van der Waals surface area contributed by atoms with Crippen LogP contribution in [0.4, 0.5) is 0 Å². The standard InChI is InChI=1S/C13H15ClO5/c1-17-9-4-3-7(10(14)12(9)18-2)11-8(13(15)16)5-6-19-11/h3-4,8,11H,5-6H2,1-2H3,(H,15,16). The van der Waals surface area contributed by atoms with Gasteiger partial charge in [0.25, 0.3) is 0 Å². The predicted molar refractivity (Wildman–Crippen MR) is 69.0 cm³/mol. The van der Waals surface area contributed by atoms with E-state index in [1.165, 1.54) is 14.2 Å². The Morgan fingerprint density at radius 2 is 2.16 bits per heavy atom. The molecule has 19 heavy (non-hydrogen) atoms. The number of carboxylic acid groups (broad SMARTS) is 1. The van der Waals surface area contributed by atoms with Gasteiger partial charge in [-0.2, -0.15) is 0 Å². The molecule has 0 amide bonds. The molecule has 0 aromatic heterocycles. The first-order valence-electron chi connectivity index (χ1n) is 5.85. The van der Waals surface area contributed by atoms with Crippen LogP contribution in [0.1, 0.15) is 18.1 Å². The van der Waals surface area contributed by atoms with Crippen LogP contribution in [0.15, 0.2) is 12.1 Å². The molecule has 1 aliphatic heterocycles. The summed E-state index contributed by atoms with van der Waals surface area (Å²) in [7, 11) is 3.00. The molecule has 0 bridgehead atoms. The van der Waals surface area contributed by atoms with Gasteiger partial charge in [0.05, 0.1) is 31.3 Å². The van der Waals surface area contributed by atoms with Crippen molar-refractivity contribution in [2.24, 2.45) is 5.92 Å². The van der Waals surface area contributed by atoms with E-state index in [0.29, 0.717) is 35.1 Å². The first-order chi connectivity index (χ1) is 9.10. The van der Waals surface area contributed by atoms with Crippen molar-refractivity contribution in [2.75, 3.05) is 20.8 Å². The molecular formula is C13H15ClO5. The number of rotatable bonds is 4. The molecule has 1 heterocycles. The minimum atomic E-state index is -0.881. The highest BCUT2D eigenvalue weighted by molar-refractivity contribution is 6.33. The first-order valence-corrected chi connectivity index (χ1v) is 6.22. The van der Waals surface area contributed by atoms with Crippen LogP contribution < -0.4 is 9.47 Å². The van der Waals surface area contributed by atoms with Crippen LogP contribution in [0.3, 0.4) is 0 Å². The number of benzene rings is 1. The minimum Gasteiger partial charge on any atom is -0.493 e. The molecule has 1 saturated heterocycles. The molecule has 0 aliphatic carbocycles. The maximum absolute atomic E-state index is 11.2. The van der Waals surface area contributed by atoms with Gasteiger partial charge >= 0.3 is 5.97 Å². The van der Waals surface area contributed by atoms with Gasteiger partial charge in [0.1, 0.15) is 0 Å². The highest BCUT2D eigenvalue weighted by Gasteiger charge is 2.37. The van der Waals surface area contributed by atoms with Gasteiger partial charge in [0, 0.05) is 12.2 Å². The second-order valence-electron chi connectivity index (χ2n) is 4.23. The molecule has 1 aromatic rings. The van der Waals surface area contributed by atoms with Crippen molar-refractivity contribution in [3.05, 3.63) is 22.7 Å². The van der Waals surface area contributed by atoms with Crippen LogP contribution in [0.5, 0.6) is 11.5 Å². The summed E-state index contributed by atoms with van der Waals surface area (Å²) >= 11 is 6.26. The lowest BCUT2D eigenvalue weighted by molar-refractivity contribution is -0.143. The monoisotopic (exact) mass is 286 g/mol. The maximum atomic E-state index is 11.2. The Hall–Kier alpha value is -1.46. The minimum absolute atomic E-state index is 0.333. The zero-order valence-electron chi connectivity index (χ0n) is 10.7. The smallest absolute Gasteiger partial charge is 0.309 e. The lowest BCUT2D eigenvalue weighted by Crippen LogP contribution is -2.18. The number of halogens is 1. The quantitative estimate of drug-likeness (QED) is 0.921. The molecule has 6 heteroatoms. The second-order valence-corrected chi connectivity index (χ2v) is 4.61. The highest BCUT2D eigenvalue weighted by atomic mass is 35.5. The number of hydrogen-bond acceptors (Lipinski definition) is 4. The van der Waals surface area contributed by atoms with Crippen LogP contribution in [0, 0.1) is 5.92 Å². The summed E-state index contributed by atoms with van der Waals surface area (Å²) in [6.45, 7) is 0.409. The third-order valence-electron chi connectivity index (χ3n) is 3.23. The Morgan fingerprint density at radius 1 is 1.42 bits per heavy atom. The van der Waals surface area contributed by atoms with Crippen LogP contribution in [0.25, 0.3) is 0 Å². The lowest BCUT2D eigenvalue weighted by atomic mass is 9.95. The summed E-state index contributed by atoms with van der Waals surface area (Å²) in [6.07, 6.45) is -0.0742. The number of carbonyl (C=O) groups is 1. The molecule has 2 atom stereocenters. The normalized spacial score (nSPS) is 22.3. The maximum Gasteiger partial charge on any atom is 0.309 e.